The Morgan fingerprint density at radius 1 is 1.17 bits per heavy atom. The van der Waals surface area contributed by atoms with Gasteiger partial charge in [-0.05, 0) is 50.2 Å². The summed E-state index contributed by atoms with van der Waals surface area (Å²) in [5.41, 5.74) is 1.37. The smallest absolute Gasteiger partial charge is 0.342 e. The minimum Gasteiger partial charge on any atom is -0.507 e. The fourth-order valence-electron chi connectivity index (χ4n) is 1.87. The van der Waals surface area contributed by atoms with E-state index in [-0.39, 0.29) is 11.3 Å². The number of halogens is 1. The highest BCUT2D eigenvalue weighted by atomic mass is 35.5. The molecule has 1 amide bonds. The van der Waals surface area contributed by atoms with Gasteiger partial charge in [0.15, 0.2) is 6.10 Å². The molecule has 0 fully saturated rings. The van der Waals surface area contributed by atoms with Gasteiger partial charge in [0.25, 0.3) is 5.91 Å². The normalized spacial score (nSPS) is 11.6. The number of hydrogen-bond donors (Lipinski definition) is 2. The summed E-state index contributed by atoms with van der Waals surface area (Å²) in [6.07, 6.45) is -1.02. The number of benzene rings is 2. The van der Waals surface area contributed by atoms with Crippen LogP contribution in [0.25, 0.3) is 0 Å². The Labute approximate surface area is 138 Å². The van der Waals surface area contributed by atoms with Crippen LogP contribution in [-0.2, 0) is 9.53 Å². The van der Waals surface area contributed by atoms with Gasteiger partial charge in [0.05, 0.1) is 0 Å². The Bertz CT molecular complexity index is 728. The fourth-order valence-corrected chi connectivity index (χ4v) is 1.99. The largest absolute Gasteiger partial charge is 0.507 e. The molecule has 0 spiro atoms. The van der Waals surface area contributed by atoms with Gasteiger partial charge in [-0.2, -0.15) is 0 Å². The van der Waals surface area contributed by atoms with Crippen molar-refractivity contribution in [2.24, 2.45) is 0 Å². The number of phenolic OH excluding ortho intramolecular Hbond substituents is 1. The Kier molecular flexibility index (Phi) is 5.24. The van der Waals surface area contributed by atoms with Crippen molar-refractivity contribution in [3.8, 4) is 5.75 Å². The van der Waals surface area contributed by atoms with Gasteiger partial charge in [0, 0.05) is 10.7 Å². The van der Waals surface area contributed by atoms with Crippen molar-refractivity contribution < 1.29 is 19.4 Å². The second-order valence-electron chi connectivity index (χ2n) is 5.06. The molecule has 0 aliphatic heterocycles. The molecule has 23 heavy (non-hydrogen) atoms. The minimum atomic E-state index is -1.02. The molecule has 0 saturated carbocycles. The van der Waals surface area contributed by atoms with E-state index in [2.05, 4.69) is 5.32 Å². The quantitative estimate of drug-likeness (QED) is 0.839. The zero-order chi connectivity index (χ0) is 17.0. The number of nitrogens with one attached hydrogen (secondary N) is 1. The van der Waals surface area contributed by atoms with Crippen LogP contribution in [0.5, 0.6) is 5.75 Å². The van der Waals surface area contributed by atoms with Crippen LogP contribution in [0.2, 0.25) is 5.02 Å². The number of aromatic hydroxyl groups is 1. The number of anilines is 1. The number of aryl methyl sites for hydroxylation is 1. The molecule has 1 atom stereocenters. The van der Waals surface area contributed by atoms with Crippen LogP contribution >= 0.6 is 11.6 Å². The first-order valence-corrected chi connectivity index (χ1v) is 7.31. The lowest BCUT2D eigenvalue weighted by atomic mass is 10.1. The zero-order valence-electron chi connectivity index (χ0n) is 12.7. The zero-order valence-corrected chi connectivity index (χ0v) is 13.4. The first-order valence-electron chi connectivity index (χ1n) is 6.94. The number of amides is 1. The summed E-state index contributed by atoms with van der Waals surface area (Å²) >= 11 is 5.77. The molecular formula is C17H16ClNO4. The Morgan fingerprint density at radius 3 is 2.48 bits per heavy atom. The molecule has 2 N–H and O–H groups in total. The molecule has 5 nitrogen and oxygen atoms in total. The summed E-state index contributed by atoms with van der Waals surface area (Å²) in [5, 5.41) is 12.9. The summed E-state index contributed by atoms with van der Waals surface area (Å²) in [6, 6.07) is 11.1. The number of carbonyl (C=O) groups is 2. The lowest BCUT2D eigenvalue weighted by Crippen LogP contribution is -2.30. The number of ether oxygens (including phenoxy) is 1. The lowest BCUT2D eigenvalue weighted by Gasteiger charge is -2.14. The summed E-state index contributed by atoms with van der Waals surface area (Å²) in [4.78, 5) is 24.1. The number of phenols is 1. The van der Waals surface area contributed by atoms with Gasteiger partial charge in [-0.3, -0.25) is 4.79 Å². The van der Waals surface area contributed by atoms with Crippen LogP contribution in [0.15, 0.2) is 42.5 Å². The predicted octanol–water partition coefficient (Wildman–Crippen LogP) is 3.54. The predicted molar refractivity (Wildman–Crippen MR) is 87.8 cm³/mol. The first kappa shape index (κ1) is 16.8. The van der Waals surface area contributed by atoms with E-state index in [1.165, 1.54) is 19.1 Å². The van der Waals surface area contributed by atoms with Crippen molar-refractivity contribution in [1.82, 2.24) is 0 Å². The third-order valence-electron chi connectivity index (χ3n) is 3.14. The van der Waals surface area contributed by atoms with Crippen LogP contribution in [0.1, 0.15) is 22.8 Å². The monoisotopic (exact) mass is 333 g/mol. The molecule has 6 heteroatoms. The fraction of sp³-hybridized carbons (Fsp3) is 0.176. The van der Waals surface area contributed by atoms with Crippen LogP contribution in [0, 0.1) is 6.92 Å². The summed E-state index contributed by atoms with van der Waals surface area (Å²) in [5.74, 6) is -1.43. The maximum Gasteiger partial charge on any atom is 0.342 e. The number of carbonyl (C=O) groups excluding carboxylic acids is 2. The molecule has 2 rings (SSSR count). The van der Waals surface area contributed by atoms with E-state index in [1.807, 2.05) is 0 Å². The van der Waals surface area contributed by atoms with E-state index in [9.17, 15) is 14.7 Å². The van der Waals surface area contributed by atoms with E-state index in [0.29, 0.717) is 10.7 Å². The van der Waals surface area contributed by atoms with Gasteiger partial charge in [-0.25, -0.2) is 4.79 Å². The second-order valence-corrected chi connectivity index (χ2v) is 5.50. The molecule has 0 unspecified atom stereocenters. The maximum absolute atomic E-state index is 12.1. The number of rotatable bonds is 4. The molecule has 0 saturated heterocycles. The van der Waals surface area contributed by atoms with E-state index in [4.69, 9.17) is 16.3 Å². The van der Waals surface area contributed by atoms with Gasteiger partial charge < -0.3 is 15.2 Å². The first-order chi connectivity index (χ1) is 10.9. The van der Waals surface area contributed by atoms with Crippen molar-refractivity contribution in [2.75, 3.05) is 5.32 Å². The van der Waals surface area contributed by atoms with Gasteiger partial charge in [0.2, 0.25) is 0 Å². The van der Waals surface area contributed by atoms with Crippen molar-refractivity contribution in [1.29, 1.82) is 0 Å². The summed E-state index contributed by atoms with van der Waals surface area (Å²) in [7, 11) is 0. The highest BCUT2D eigenvalue weighted by Gasteiger charge is 2.21. The summed E-state index contributed by atoms with van der Waals surface area (Å²) in [6.45, 7) is 3.24. The Morgan fingerprint density at radius 2 is 1.83 bits per heavy atom. The lowest BCUT2D eigenvalue weighted by molar-refractivity contribution is -0.123. The van der Waals surface area contributed by atoms with Gasteiger partial charge in [-0.15, -0.1) is 0 Å². The van der Waals surface area contributed by atoms with E-state index >= 15 is 0 Å². The molecule has 0 aliphatic carbocycles. The molecule has 0 radical (unpaired) electrons. The van der Waals surface area contributed by atoms with Crippen LogP contribution in [0.4, 0.5) is 5.69 Å². The highest BCUT2D eigenvalue weighted by Crippen LogP contribution is 2.20. The highest BCUT2D eigenvalue weighted by molar-refractivity contribution is 6.30. The van der Waals surface area contributed by atoms with Crippen LogP contribution in [0.3, 0.4) is 0 Å². The Balaban J connectivity index is 2.01. The minimum absolute atomic E-state index is 0.0242. The Hall–Kier alpha value is -2.53. The van der Waals surface area contributed by atoms with Gasteiger partial charge >= 0.3 is 5.97 Å². The topological polar surface area (TPSA) is 75.6 Å². The third kappa shape index (κ3) is 4.47. The van der Waals surface area contributed by atoms with Crippen molar-refractivity contribution in [3.63, 3.8) is 0 Å². The molecule has 2 aromatic rings. The molecule has 120 valence electrons. The molecule has 0 aromatic heterocycles. The van der Waals surface area contributed by atoms with E-state index in [1.54, 1.807) is 37.3 Å². The SMILES string of the molecule is Cc1ccc(O)c(C(=O)O[C@@H](C)C(=O)Nc2ccc(Cl)cc2)c1. The summed E-state index contributed by atoms with van der Waals surface area (Å²) < 4.78 is 5.09. The van der Waals surface area contributed by atoms with Gasteiger partial charge in [0.1, 0.15) is 11.3 Å². The van der Waals surface area contributed by atoms with Crippen molar-refractivity contribution in [3.05, 3.63) is 58.6 Å². The number of hydrogen-bond acceptors (Lipinski definition) is 4. The second kappa shape index (κ2) is 7.15. The van der Waals surface area contributed by atoms with Gasteiger partial charge in [-0.1, -0.05) is 23.2 Å². The average molecular weight is 334 g/mol. The van der Waals surface area contributed by atoms with Crippen molar-refractivity contribution >= 4 is 29.2 Å². The standard InChI is InChI=1S/C17H16ClNO4/c1-10-3-8-15(20)14(9-10)17(22)23-11(2)16(21)19-13-6-4-12(18)5-7-13/h3-9,11,20H,1-2H3,(H,19,21)/t11-/m0/s1. The molecule has 2 aromatic carbocycles. The number of esters is 1. The van der Waals surface area contributed by atoms with Crippen LogP contribution < -0.4 is 5.32 Å². The van der Waals surface area contributed by atoms with E-state index < -0.39 is 18.0 Å². The molecule has 0 heterocycles. The molecule has 0 bridgehead atoms. The van der Waals surface area contributed by atoms with Crippen LogP contribution in [-0.4, -0.2) is 23.1 Å². The molecule has 0 aliphatic rings. The maximum atomic E-state index is 12.1. The average Bonchev–Trinajstić information content (AvgIpc) is 2.51. The van der Waals surface area contributed by atoms with Crippen molar-refractivity contribution in [2.45, 2.75) is 20.0 Å². The third-order valence-corrected chi connectivity index (χ3v) is 3.39. The molecular weight excluding hydrogens is 318 g/mol. The van der Waals surface area contributed by atoms with E-state index in [0.717, 1.165) is 5.56 Å².